The molecule has 0 aromatic carbocycles. The second-order valence-electron chi connectivity index (χ2n) is 5.19. The molecule has 4 heteroatoms. The first kappa shape index (κ1) is 9.87. The molecule has 86 valence electrons. The number of amides is 1. The van der Waals surface area contributed by atoms with Gasteiger partial charge in [0.25, 0.3) is 0 Å². The quantitative estimate of drug-likeness (QED) is 0.692. The number of hydrogen-bond acceptors (Lipinski definition) is 2. The van der Waals surface area contributed by atoms with Crippen molar-refractivity contribution < 1.29 is 14.7 Å². The summed E-state index contributed by atoms with van der Waals surface area (Å²) in [5.41, 5.74) is 0. The van der Waals surface area contributed by atoms with Crippen molar-refractivity contribution in [3.05, 3.63) is 12.2 Å². The highest BCUT2D eigenvalue weighted by Crippen LogP contribution is 2.65. The Morgan fingerprint density at radius 2 is 1.75 bits per heavy atom. The van der Waals surface area contributed by atoms with Gasteiger partial charge in [-0.05, 0) is 42.9 Å². The van der Waals surface area contributed by atoms with Crippen LogP contribution in [0.3, 0.4) is 0 Å². The summed E-state index contributed by atoms with van der Waals surface area (Å²) in [5.74, 6) is 1.70. The van der Waals surface area contributed by atoms with E-state index in [1.807, 2.05) is 0 Å². The zero-order chi connectivity index (χ0) is 11.3. The van der Waals surface area contributed by atoms with Crippen LogP contribution in [-0.2, 0) is 9.59 Å². The average molecular weight is 221 g/mol. The maximum Gasteiger partial charge on any atom is 0.328 e. The molecule has 1 amide bonds. The van der Waals surface area contributed by atoms with Gasteiger partial charge in [-0.3, -0.25) is 4.79 Å². The van der Waals surface area contributed by atoms with E-state index in [0.29, 0.717) is 17.9 Å². The van der Waals surface area contributed by atoms with Gasteiger partial charge >= 0.3 is 5.97 Å². The lowest BCUT2D eigenvalue weighted by Gasteiger charge is -2.08. The summed E-state index contributed by atoms with van der Waals surface area (Å²) in [6.07, 6.45) is 6.00. The number of hydrogen-bond donors (Lipinski definition) is 2. The second-order valence-corrected chi connectivity index (χ2v) is 5.19. The Hall–Kier alpha value is -1.32. The molecule has 0 aromatic heterocycles. The number of aliphatic carboxylic acids is 1. The van der Waals surface area contributed by atoms with E-state index in [-0.39, 0.29) is 5.91 Å². The molecule has 3 aliphatic carbocycles. The maximum absolute atomic E-state index is 11.4. The predicted octanol–water partition coefficient (Wildman–Crippen LogP) is 0.788. The van der Waals surface area contributed by atoms with E-state index in [0.717, 1.165) is 24.0 Å². The Bertz CT molecular complexity index is 360. The zero-order valence-corrected chi connectivity index (χ0v) is 8.93. The smallest absolute Gasteiger partial charge is 0.328 e. The van der Waals surface area contributed by atoms with Crippen LogP contribution in [0.5, 0.6) is 0 Å². The van der Waals surface area contributed by atoms with Crippen LogP contribution in [0.25, 0.3) is 0 Å². The van der Waals surface area contributed by atoms with Crippen molar-refractivity contribution in [2.24, 2.45) is 23.7 Å². The lowest BCUT2D eigenvalue weighted by atomic mass is 10.0. The maximum atomic E-state index is 11.4. The molecule has 0 heterocycles. The molecule has 0 radical (unpaired) electrons. The lowest BCUT2D eigenvalue weighted by molar-refractivity contribution is -0.131. The Kier molecular flexibility index (Phi) is 2.06. The first-order valence-corrected chi connectivity index (χ1v) is 5.88. The van der Waals surface area contributed by atoms with Gasteiger partial charge in [0.1, 0.15) is 0 Å². The van der Waals surface area contributed by atoms with E-state index >= 15 is 0 Å². The largest absolute Gasteiger partial charge is 0.478 e. The Labute approximate surface area is 93.7 Å². The van der Waals surface area contributed by atoms with E-state index in [1.165, 1.54) is 19.3 Å². The van der Waals surface area contributed by atoms with Crippen LogP contribution in [0, 0.1) is 23.7 Å². The van der Waals surface area contributed by atoms with Gasteiger partial charge in [0.15, 0.2) is 0 Å². The fourth-order valence-corrected chi connectivity index (χ4v) is 3.88. The van der Waals surface area contributed by atoms with Gasteiger partial charge in [-0.15, -0.1) is 0 Å². The Balaban J connectivity index is 1.55. The molecule has 0 spiro atoms. The van der Waals surface area contributed by atoms with Crippen molar-refractivity contribution in [2.75, 3.05) is 0 Å². The van der Waals surface area contributed by atoms with Crippen LogP contribution in [0.1, 0.15) is 19.3 Å². The van der Waals surface area contributed by atoms with Crippen molar-refractivity contribution in [1.29, 1.82) is 0 Å². The van der Waals surface area contributed by atoms with Crippen LogP contribution >= 0.6 is 0 Å². The number of fused-ring (bicyclic) bond motifs is 5. The normalized spacial score (nSPS) is 43.4. The van der Waals surface area contributed by atoms with Crippen LogP contribution < -0.4 is 5.32 Å². The van der Waals surface area contributed by atoms with E-state index < -0.39 is 5.97 Å². The number of nitrogens with one attached hydrogen (secondary N) is 1. The fraction of sp³-hybridized carbons (Fsp3) is 0.667. The summed E-state index contributed by atoms with van der Waals surface area (Å²) in [6.45, 7) is 0. The molecule has 3 fully saturated rings. The van der Waals surface area contributed by atoms with Crippen molar-refractivity contribution in [1.82, 2.24) is 5.32 Å². The lowest BCUT2D eigenvalue weighted by Crippen LogP contribution is -2.28. The molecule has 2 N–H and O–H groups in total. The standard InChI is InChI=1S/C12H15NO3/c14-8(3-4-9(15)16)13-12-10-6-1-2-7(5-6)11(10)12/h3-4,6-7,10-12H,1-2,5H2,(H,13,14)(H,15,16)/b4-3+. The minimum Gasteiger partial charge on any atom is -0.478 e. The van der Waals surface area contributed by atoms with Gasteiger partial charge in [-0.2, -0.15) is 0 Å². The molecule has 3 rings (SSSR count). The minimum atomic E-state index is -1.08. The summed E-state index contributed by atoms with van der Waals surface area (Å²) in [7, 11) is 0. The van der Waals surface area contributed by atoms with Gasteiger partial charge in [-0.1, -0.05) is 0 Å². The molecule has 16 heavy (non-hydrogen) atoms. The highest BCUT2D eigenvalue weighted by atomic mass is 16.4. The van der Waals surface area contributed by atoms with Gasteiger partial charge < -0.3 is 10.4 Å². The number of carbonyl (C=O) groups is 2. The number of rotatable bonds is 3. The monoisotopic (exact) mass is 221 g/mol. The molecule has 0 aromatic rings. The molecule has 4 nitrogen and oxygen atoms in total. The van der Waals surface area contributed by atoms with Crippen LogP contribution in [0.4, 0.5) is 0 Å². The molecule has 3 aliphatic rings. The summed E-state index contributed by atoms with van der Waals surface area (Å²) < 4.78 is 0. The Morgan fingerprint density at radius 1 is 1.12 bits per heavy atom. The van der Waals surface area contributed by atoms with Crippen LogP contribution in [0.2, 0.25) is 0 Å². The molecular formula is C12H15NO3. The number of carboxylic acid groups (broad SMARTS) is 1. The average Bonchev–Trinajstić information content (AvgIpc) is 2.66. The summed E-state index contributed by atoms with van der Waals surface area (Å²) in [5, 5.41) is 11.3. The van der Waals surface area contributed by atoms with Gasteiger partial charge in [0.2, 0.25) is 5.91 Å². The SMILES string of the molecule is O=C(O)/C=C/C(=O)NC1C2C3CCC(C3)C12. The zero-order valence-electron chi connectivity index (χ0n) is 8.93. The first-order valence-electron chi connectivity index (χ1n) is 5.88. The molecule has 4 atom stereocenters. The van der Waals surface area contributed by atoms with Crippen molar-refractivity contribution >= 4 is 11.9 Å². The van der Waals surface area contributed by atoms with Crippen LogP contribution in [0.15, 0.2) is 12.2 Å². The minimum absolute atomic E-state index is 0.263. The summed E-state index contributed by atoms with van der Waals surface area (Å²) in [6, 6.07) is 0.331. The molecule has 3 saturated carbocycles. The van der Waals surface area contributed by atoms with Crippen molar-refractivity contribution in [2.45, 2.75) is 25.3 Å². The highest BCUT2D eigenvalue weighted by Gasteiger charge is 2.65. The van der Waals surface area contributed by atoms with E-state index in [2.05, 4.69) is 5.32 Å². The van der Waals surface area contributed by atoms with E-state index in [9.17, 15) is 9.59 Å². The molecule has 2 bridgehead atoms. The van der Waals surface area contributed by atoms with E-state index in [4.69, 9.17) is 5.11 Å². The molecule has 0 saturated heterocycles. The Morgan fingerprint density at radius 3 is 2.31 bits per heavy atom. The predicted molar refractivity (Wildman–Crippen MR) is 56.5 cm³/mol. The van der Waals surface area contributed by atoms with Crippen LogP contribution in [-0.4, -0.2) is 23.0 Å². The third-order valence-electron chi connectivity index (χ3n) is 4.42. The fourth-order valence-electron chi connectivity index (χ4n) is 3.88. The summed E-state index contributed by atoms with van der Waals surface area (Å²) >= 11 is 0. The molecular weight excluding hydrogens is 206 g/mol. The number of carbonyl (C=O) groups excluding carboxylic acids is 1. The first-order chi connectivity index (χ1) is 7.66. The van der Waals surface area contributed by atoms with E-state index in [1.54, 1.807) is 0 Å². The van der Waals surface area contributed by atoms with Gasteiger partial charge in [0.05, 0.1) is 0 Å². The third-order valence-corrected chi connectivity index (χ3v) is 4.42. The molecule has 0 aliphatic heterocycles. The summed E-state index contributed by atoms with van der Waals surface area (Å²) in [4.78, 5) is 21.7. The topological polar surface area (TPSA) is 66.4 Å². The highest BCUT2D eigenvalue weighted by molar-refractivity contribution is 5.94. The van der Waals surface area contributed by atoms with Crippen molar-refractivity contribution in [3.8, 4) is 0 Å². The second kappa shape index (κ2) is 3.34. The van der Waals surface area contributed by atoms with Gasteiger partial charge in [-0.25, -0.2) is 4.79 Å². The molecule has 4 unspecified atom stereocenters. The van der Waals surface area contributed by atoms with Crippen molar-refractivity contribution in [3.63, 3.8) is 0 Å². The van der Waals surface area contributed by atoms with Gasteiger partial charge in [0, 0.05) is 18.2 Å². The third kappa shape index (κ3) is 1.44. The number of carboxylic acids is 1.